The van der Waals surface area contributed by atoms with Crippen LogP contribution in [0.1, 0.15) is 58.2 Å². The summed E-state index contributed by atoms with van der Waals surface area (Å²) < 4.78 is 53.1. The molecule has 10 heteroatoms. The molecule has 2 aliphatic rings. The molecule has 0 spiro atoms. The average Bonchev–Trinajstić information content (AvgIpc) is 1.28. The molecule has 2 aromatic heterocycles. The van der Waals surface area contributed by atoms with Gasteiger partial charge in [0.2, 0.25) is 0 Å². The number of fused-ring (bicyclic) bond motifs is 9. The van der Waals surface area contributed by atoms with Crippen molar-refractivity contribution < 1.29 is 17.6 Å². The Kier molecular flexibility index (Phi) is 13.1. The van der Waals surface area contributed by atoms with E-state index in [1.165, 1.54) is 38.1 Å². The molecule has 13 aromatic rings. The maximum Gasteiger partial charge on any atom is 0.416 e. The summed E-state index contributed by atoms with van der Waals surface area (Å²) in [4.78, 5) is 9.35. The van der Waals surface area contributed by atoms with Gasteiger partial charge in [0.15, 0.2) is 5.58 Å². The second-order valence-electron chi connectivity index (χ2n) is 27.5. The number of rotatable bonds is 9. The molecule has 0 amide bonds. The van der Waals surface area contributed by atoms with E-state index < -0.39 is 20.9 Å². The van der Waals surface area contributed by atoms with Gasteiger partial charge in [-0.2, -0.15) is 13.2 Å². The SMILES string of the molecule is CC(C)(C)c1ccc(N2c3cc([SH](C)(C)(C)c4ccc(C(F)(F)F)cc4)cc4c3B(c3ccc(N(c5ccccc5-c5ccccc5)c5ccccc5-c5ccccc5)cc3N4c3cccc4c3oc3ccccc34)c3sc4ccc(C(C)(C)C)cc4c32)cc1. The van der Waals surface area contributed by atoms with Crippen molar-refractivity contribution in [3.8, 4) is 22.3 Å². The number of nitrogens with zero attached hydrogens (tertiary/aromatic N) is 3. The number of alkyl halides is 3. The number of hydrogen-bond donors (Lipinski definition) is 1. The summed E-state index contributed by atoms with van der Waals surface area (Å²) in [6, 6.07) is 87.5. The Hall–Kier alpha value is -9.22. The number of hydrogen-bond acceptors (Lipinski definition) is 5. The number of thiophene rings is 1. The minimum absolute atomic E-state index is 0.0957. The zero-order valence-electron chi connectivity index (χ0n) is 52.0. The van der Waals surface area contributed by atoms with Crippen molar-refractivity contribution in [2.45, 2.75) is 68.3 Å². The predicted molar refractivity (Wildman–Crippen MR) is 381 cm³/mol. The Bertz CT molecular complexity index is 4890. The van der Waals surface area contributed by atoms with Crippen LogP contribution in [0.3, 0.4) is 0 Å². The molecule has 0 saturated carbocycles. The maximum absolute atomic E-state index is 14.5. The zero-order chi connectivity index (χ0) is 62.3. The highest BCUT2D eigenvalue weighted by Gasteiger charge is 2.48. The quantitative estimate of drug-likeness (QED) is 0.115. The van der Waals surface area contributed by atoms with E-state index >= 15 is 0 Å². The first-order valence-corrected chi connectivity index (χ1v) is 35.3. The van der Waals surface area contributed by atoms with Crippen LogP contribution < -0.4 is 30.4 Å². The first-order chi connectivity index (χ1) is 43.1. The molecule has 90 heavy (non-hydrogen) atoms. The number of anilines is 9. The van der Waals surface area contributed by atoms with Crippen molar-refractivity contribution >= 4 is 126 Å². The van der Waals surface area contributed by atoms with Gasteiger partial charge in [-0.15, -0.1) is 11.3 Å². The summed E-state index contributed by atoms with van der Waals surface area (Å²) in [5.41, 5.74) is 18.8. The van der Waals surface area contributed by atoms with Gasteiger partial charge in [-0.05, 0) is 157 Å². The van der Waals surface area contributed by atoms with Gasteiger partial charge in [0.1, 0.15) is 5.58 Å². The van der Waals surface area contributed by atoms with Crippen molar-refractivity contribution in [1.29, 1.82) is 0 Å². The molecule has 0 N–H and O–H groups in total. The lowest BCUT2D eigenvalue weighted by molar-refractivity contribution is -0.137. The molecule has 0 fully saturated rings. The largest absolute Gasteiger partial charge is 0.454 e. The molecule has 4 nitrogen and oxygen atoms in total. The van der Waals surface area contributed by atoms with Crippen LogP contribution in [0.15, 0.2) is 263 Å². The van der Waals surface area contributed by atoms with E-state index in [9.17, 15) is 13.2 Å². The number of para-hydroxylation sites is 4. The van der Waals surface area contributed by atoms with Crippen LogP contribution in [0.5, 0.6) is 0 Å². The van der Waals surface area contributed by atoms with Crippen molar-refractivity contribution in [2.24, 2.45) is 0 Å². The number of furan rings is 1. The van der Waals surface area contributed by atoms with E-state index in [0.29, 0.717) is 0 Å². The first-order valence-electron chi connectivity index (χ1n) is 30.9. The standard InChI is InChI=1S/C80H69BF3N3OS2/c1-78(2,3)53-35-40-56(41-36-53)86-70-49-59(90(7,8,9)58-43-37-54(38-44-58)80(82,83)84)50-71-74(70)81(77-75(86)64-47-55(79(4,5)6)39-46-73(64)89-77)65-45-42-57(48-69(65)87(71)68-33-22-30-63-62-29-18-21-34-72(62)88-76(63)68)85(66-31-19-16-27-60(66)51-23-12-10-13-24-51)67-32-20-17-28-61(67)52-25-14-11-15-26-52/h10-50,90H,1-9H3. The monoisotopic (exact) mass is 1220 g/mol. The van der Waals surface area contributed by atoms with Crippen LogP contribution in [0.4, 0.5) is 64.4 Å². The smallest absolute Gasteiger partial charge is 0.416 e. The van der Waals surface area contributed by atoms with Crippen molar-refractivity contribution in [1.82, 2.24) is 0 Å². The molecule has 0 radical (unpaired) electrons. The highest BCUT2D eigenvalue weighted by molar-refractivity contribution is 8.48. The Balaban J connectivity index is 1.09. The number of benzene rings is 11. The van der Waals surface area contributed by atoms with Gasteiger partial charge in [0, 0.05) is 65.2 Å². The van der Waals surface area contributed by atoms with Gasteiger partial charge in [-0.3, -0.25) is 0 Å². The maximum atomic E-state index is 14.5. The summed E-state index contributed by atoms with van der Waals surface area (Å²) in [6.45, 7) is 13.3. The van der Waals surface area contributed by atoms with Crippen LogP contribution in [-0.4, -0.2) is 25.5 Å². The second kappa shape index (κ2) is 20.7. The molecule has 0 bridgehead atoms. The summed E-state index contributed by atoms with van der Waals surface area (Å²) in [5, 5.41) is 3.20. The topological polar surface area (TPSA) is 22.9 Å². The molecular weight excluding hydrogens is 1150 g/mol. The Morgan fingerprint density at radius 3 is 1.63 bits per heavy atom. The summed E-state index contributed by atoms with van der Waals surface area (Å²) in [7, 11) is -3.44. The third kappa shape index (κ3) is 9.35. The van der Waals surface area contributed by atoms with Crippen LogP contribution in [0.2, 0.25) is 0 Å². The van der Waals surface area contributed by atoms with E-state index in [1.807, 2.05) is 23.5 Å². The van der Waals surface area contributed by atoms with Gasteiger partial charge >= 0.3 is 6.18 Å². The van der Waals surface area contributed by atoms with Crippen molar-refractivity contribution in [2.75, 3.05) is 33.5 Å². The molecule has 11 aromatic carbocycles. The molecule has 4 heterocycles. The average molecular weight is 1220 g/mol. The second-order valence-corrected chi connectivity index (χ2v) is 35.2. The van der Waals surface area contributed by atoms with Crippen molar-refractivity contribution in [3.63, 3.8) is 0 Å². The molecule has 15 rings (SSSR count). The van der Waals surface area contributed by atoms with Gasteiger partial charge in [0.25, 0.3) is 6.71 Å². The third-order valence-corrected chi connectivity index (χ3v) is 24.2. The molecule has 2 aliphatic heterocycles. The first kappa shape index (κ1) is 57.2. The highest BCUT2D eigenvalue weighted by Crippen LogP contribution is 2.74. The van der Waals surface area contributed by atoms with E-state index in [0.717, 1.165) is 116 Å². The predicted octanol–water partition coefficient (Wildman–Crippen LogP) is 21.7. The van der Waals surface area contributed by atoms with Crippen LogP contribution >= 0.6 is 20.5 Å². The Morgan fingerprint density at radius 1 is 0.456 bits per heavy atom. The van der Waals surface area contributed by atoms with E-state index in [4.69, 9.17) is 4.42 Å². The van der Waals surface area contributed by atoms with Crippen LogP contribution in [-0.2, 0) is 17.0 Å². The van der Waals surface area contributed by atoms with Crippen LogP contribution in [0, 0.1) is 0 Å². The lowest BCUT2D eigenvalue weighted by Gasteiger charge is -2.54. The molecular formula is C80H69BF3N3OS2. The van der Waals surface area contributed by atoms with E-state index in [-0.39, 0.29) is 17.5 Å². The minimum Gasteiger partial charge on any atom is -0.454 e. The van der Waals surface area contributed by atoms with Gasteiger partial charge in [-0.1, -0.05) is 205 Å². The Morgan fingerprint density at radius 2 is 1.01 bits per heavy atom. The molecule has 446 valence electrons. The number of halogens is 3. The third-order valence-electron chi connectivity index (χ3n) is 18.8. The van der Waals surface area contributed by atoms with Crippen molar-refractivity contribution in [3.05, 3.63) is 265 Å². The molecule has 0 unspecified atom stereocenters. The summed E-state index contributed by atoms with van der Waals surface area (Å²) in [6.07, 6.45) is 2.38. The minimum atomic E-state index is -4.49. The lowest BCUT2D eigenvalue weighted by atomic mass is 9.36. The summed E-state index contributed by atoms with van der Waals surface area (Å²) >= 11 is 1.87. The van der Waals surface area contributed by atoms with Gasteiger partial charge < -0.3 is 19.1 Å². The van der Waals surface area contributed by atoms with Gasteiger partial charge in [0.05, 0.1) is 28.3 Å². The Labute approximate surface area is 529 Å². The summed E-state index contributed by atoms with van der Waals surface area (Å²) in [5.74, 6) is 0. The number of thiol groups is 1. The molecule has 0 aliphatic carbocycles. The zero-order valence-corrected chi connectivity index (χ0v) is 53.7. The molecule has 0 saturated heterocycles. The highest BCUT2D eigenvalue weighted by atomic mass is 32.3. The lowest BCUT2D eigenvalue weighted by Crippen LogP contribution is -2.60. The fourth-order valence-electron chi connectivity index (χ4n) is 13.8. The fourth-order valence-corrected chi connectivity index (χ4v) is 17.8. The van der Waals surface area contributed by atoms with E-state index in [1.54, 1.807) is 12.1 Å². The fraction of sp³-hybridized carbons (Fsp3) is 0.150. The van der Waals surface area contributed by atoms with Crippen LogP contribution in [0.25, 0.3) is 54.3 Å². The van der Waals surface area contributed by atoms with E-state index in [2.05, 4.69) is 287 Å². The van der Waals surface area contributed by atoms with Gasteiger partial charge in [-0.25, -0.2) is 9.16 Å². The normalized spacial score (nSPS) is 13.7. The molecule has 0 atom stereocenters.